The summed E-state index contributed by atoms with van der Waals surface area (Å²) in [5.41, 5.74) is 0.400. The zero-order valence-electron chi connectivity index (χ0n) is 15.3. The molecule has 2 fully saturated rings. The monoisotopic (exact) mass is 355 g/mol. The normalized spacial score (nSPS) is 32.8. The number of hydrogen-bond acceptors (Lipinski definition) is 4. The van der Waals surface area contributed by atoms with Crippen molar-refractivity contribution in [1.29, 1.82) is 0 Å². The van der Waals surface area contributed by atoms with Crippen LogP contribution in [0.5, 0.6) is 0 Å². The molecule has 1 amide bonds. The van der Waals surface area contributed by atoms with Gasteiger partial charge in [0.05, 0.1) is 31.2 Å². The van der Waals surface area contributed by atoms with Crippen molar-refractivity contribution in [3.63, 3.8) is 0 Å². The first kappa shape index (κ1) is 17.3. The predicted molar refractivity (Wildman–Crippen MR) is 96.2 cm³/mol. The van der Waals surface area contributed by atoms with Crippen LogP contribution < -0.4 is 0 Å². The summed E-state index contributed by atoms with van der Waals surface area (Å²) >= 11 is 0. The average molecular weight is 355 g/mol. The van der Waals surface area contributed by atoms with E-state index < -0.39 is 17.4 Å². The summed E-state index contributed by atoms with van der Waals surface area (Å²) in [5.74, 6) is -1.32. The van der Waals surface area contributed by atoms with Gasteiger partial charge < -0.3 is 14.4 Å². The number of fused-ring (bicyclic) bond motifs is 1. The number of hydrogen-bond donors (Lipinski definition) is 0. The van der Waals surface area contributed by atoms with E-state index in [0.29, 0.717) is 13.2 Å². The number of carbonyl (C=O) groups is 2. The van der Waals surface area contributed by atoms with Gasteiger partial charge in [-0.3, -0.25) is 9.59 Å². The lowest BCUT2D eigenvalue weighted by atomic mass is 9.77. The summed E-state index contributed by atoms with van der Waals surface area (Å²) in [5, 5.41) is 0. The molecule has 0 aliphatic carbocycles. The van der Waals surface area contributed by atoms with E-state index in [2.05, 4.69) is 6.92 Å². The maximum Gasteiger partial charge on any atom is 0.312 e. The van der Waals surface area contributed by atoms with E-state index in [1.165, 1.54) is 0 Å². The van der Waals surface area contributed by atoms with Gasteiger partial charge in [0.25, 0.3) is 0 Å². The molecule has 0 aromatic heterocycles. The molecule has 4 rings (SSSR count). The van der Waals surface area contributed by atoms with Crippen LogP contribution in [-0.4, -0.2) is 41.6 Å². The third-order valence-corrected chi connectivity index (χ3v) is 5.89. The molecule has 1 spiro atoms. The van der Waals surface area contributed by atoms with Crippen LogP contribution in [0.3, 0.4) is 0 Å². The van der Waals surface area contributed by atoms with Gasteiger partial charge in [-0.1, -0.05) is 55.8 Å². The van der Waals surface area contributed by atoms with Crippen LogP contribution in [0.1, 0.15) is 38.3 Å². The second-order valence-electron chi connectivity index (χ2n) is 7.47. The molecule has 0 saturated carbocycles. The number of carbonyl (C=O) groups excluding carboxylic acids is 2. The van der Waals surface area contributed by atoms with Crippen molar-refractivity contribution in [2.45, 2.75) is 44.4 Å². The highest BCUT2D eigenvalue weighted by Crippen LogP contribution is 2.53. The maximum absolute atomic E-state index is 13.2. The number of unbranched alkanes of at least 4 members (excludes halogenated alkanes) is 1. The molecule has 5 atom stereocenters. The third kappa shape index (κ3) is 2.57. The van der Waals surface area contributed by atoms with Crippen LogP contribution in [0, 0.1) is 11.8 Å². The van der Waals surface area contributed by atoms with Crippen LogP contribution >= 0.6 is 0 Å². The Morgan fingerprint density at radius 2 is 2.15 bits per heavy atom. The van der Waals surface area contributed by atoms with Crippen LogP contribution in [0.4, 0.5) is 0 Å². The number of nitrogens with zero attached hydrogens (tertiary/aromatic N) is 1. The van der Waals surface area contributed by atoms with E-state index >= 15 is 0 Å². The molecule has 3 aliphatic rings. The smallest absolute Gasteiger partial charge is 0.312 e. The number of esters is 1. The molecule has 1 aromatic carbocycles. The molecule has 26 heavy (non-hydrogen) atoms. The van der Waals surface area contributed by atoms with E-state index in [1.807, 2.05) is 54.3 Å². The Bertz CT molecular complexity index is 731. The number of likely N-dealkylation sites (tertiary alicyclic amines) is 1. The Labute approximate surface area is 154 Å². The van der Waals surface area contributed by atoms with Crippen LogP contribution in [0.2, 0.25) is 0 Å². The van der Waals surface area contributed by atoms with Crippen molar-refractivity contribution in [3.8, 4) is 0 Å². The topological polar surface area (TPSA) is 55.8 Å². The number of amides is 1. The Hall–Kier alpha value is -2.14. The summed E-state index contributed by atoms with van der Waals surface area (Å²) in [4.78, 5) is 27.7. The minimum Gasteiger partial charge on any atom is -0.465 e. The third-order valence-electron chi connectivity index (χ3n) is 5.89. The lowest BCUT2D eigenvalue weighted by Gasteiger charge is -2.27. The number of ether oxygens (including phenoxy) is 2. The minimum atomic E-state index is -0.681. The first-order valence-electron chi connectivity index (χ1n) is 9.46. The molecule has 5 nitrogen and oxygen atoms in total. The quantitative estimate of drug-likeness (QED) is 0.447. The first-order valence-corrected chi connectivity index (χ1v) is 9.46. The Balaban J connectivity index is 1.56. The second kappa shape index (κ2) is 6.54. The van der Waals surface area contributed by atoms with E-state index in [-0.39, 0.29) is 24.0 Å². The largest absolute Gasteiger partial charge is 0.465 e. The standard InChI is InChI=1S/C21H25NO4/c1-3-4-12-25-20(24)17-16-10-11-21(26-16)13-22(19(23)18(17)21)14(2)15-8-6-5-7-9-15/h5-11,14,16-18H,3-4,12-13H2,1-2H3/t14-,16+,17+,18+,21-/m1/s1. The first-order chi connectivity index (χ1) is 12.6. The molecule has 0 unspecified atom stereocenters. The number of rotatable bonds is 6. The molecule has 2 bridgehead atoms. The molecular formula is C21H25NO4. The van der Waals surface area contributed by atoms with E-state index in [1.54, 1.807) is 0 Å². The van der Waals surface area contributed by atoms with Crippen LogP contribution in [0.15, 0.2) is 42.5 Å². The highest BCUT2D eigenvalue weighted by atomic mass is 16.6. The molecule has 5 heteroatoms. The van der Waals surface area contributed by atoms with Crippen molar-refractivity contribution >= 4 is 11.9 Å². The highest BCUT2D eigenvalue weighted by Gasteiger charge is 2.67. The summed E-state index contributed by atoms with van der Waals surface area (Å²) in [6.07, 6.45) is 5.36. The van der Waals surface area contributed by atoms with Crippen molar-refractivity contribution in [2.24, 2.45) is 11.8 Å². The summed E-state index contributed by atoms with van der Waals surface area (Å²) < 4.78 is 11.6. The van der Waals surface area contributed by atoms with Crippen molar-refractivity contribution < 1.29 is 19.1 Å². The molecule has 3 heterocycles. The number of benzene rings is 1. The molecule has 3 aliphatic heterocycles. The Morgan fingerprint density at radius 1 is 1.38 bits per heavy atom. The average Bonchev–Trinajstić information content (AvgIpc) is 3.30. The van der Waals surface area contributed by atoms with Crippen LogP contribution in [-0.2, 0) is 19.1 Å². The zero-order valence-corrected chi connectivity index (χ0v) is 15.3. The van der Waals surface area contributed by atoms with Gasteiger partial charge in [0.2, 0.25) is 5.91 Å². The predicted octanol–water partition coefficient (Wildman–Crippen LogP) is 2.87. The van der Waals surface area contributed by atoms with Gasteiger partial charge in [-0.25, -0.2) is 0 Å². The van der Waals surface area contributed by atoms with Gasteiger partial charge in [-0.2, -0.15) is 0 Å². The molecule has 0 N–H and O–H groups in total. The van der Waals surface area contributed by atoms with Gasteiger partial charge in [-0.15, -0.1) is 0 Å². The fourth-order valence-corrected chi connectivity index (χ4v) is 4.45. The molecule has 1 aromatic rings. The summed E-state index contributed by atoms with van der Waals surface area (Å²) in [6.45, 7) is 4.96. The van der Waals surface area contributed by atoms with Gasteiger partial charge >= 0.3 is 5.97 Å². The molecular weight excluding hydrogens is 330 g/mol. The lowest BCUT2D eigenvalue weighted by Crippen LogP contribution is -2.40. The molecule has 0 radical (unpaired) electrons. The van der Waals surface area contributed by atoms with E-state index in [0.717, 1.165) is 18.4 Å². The van der Waals surface area contributed by atoms with Crippen molar-refractivity contribution in [2.75, 3.05) is 13.2 Å². The molecule has 138 valence electrons. The maximum atomic E-state index is 13.2. The summed E-state index contributed by atoms with van der Waals surface area (Å²) in [6, 6.07) is 9.90. The zero-order chi connectivity index (χ0) is 18.3. The summed E-state index contributed by atoms with van der Waals surface area (Å²) in [7, 11) is 0. The van der Waals surface area contributed by atoms with Gasteiger partial charge in [0.15, 0.2) is 0 Å². The minimum absolute atomic E-state index is 0.00866. The van der Waals surface area contributed by atoms with E-state index in [4.69, 9.17) is 9.47 Å². The van der Waals surface area contributed by atoms with E-state index in [9.17, 15) is 9.59 Å². The van der Waals surface area contributed by atoms with Gasteiger partial charge in [0.1, 0.15) is 11.5 Å². The Morgan fingerprint density at radius 3 is 2.88 bits per heavy atom. The second-order valence-corrected chi connectivity index (χ2v) is 7.47. The highest BCUT2D eigenvalue weighted by molar-refractivity contribution is 5.91. The SMILES string of the molecule is CCCCOC(=O)[C@H]1[C@@H]2C=C[C@]3(CN([C@H](C)c4ccccc4)C(=O)[C@H]13)O2. The lowest BCUT2D eigenvalue weighted by molar-refractivity contribution is -0.154. The van der Waals surface area contributed by atoms with Crippen LogP contribution in [0.25, 0.3) is 0 Å². The fraction of sp³-hybridized carbons (Fsp3) is 0.524. The Kier molecular flexibility index (Phi) is 4.35. The van der Waals surface area contributed by atoms with Crippen molar-refractivity contribution in [1.82, 2.24) is 4.90 Å². The fourth-order valence-electron chi connectivity index (χ4n) is 4.45. The van der Waals surface area contributed by atoms with Gasteiger partial charge in [-0.05, 0) is 18.9 Å². The van der Waals surface area contributed by atoms with Crippen molar-refractivity contribution in [3.05, 3.63) is 48.0 Å². The molecule has 2 saturated heterocycles. The van der Waals surface area contributed by atoms with Gasteiger partial charge in [0, 0.05) is 0 Å².